The van der Waals surface area contributed by atoms with Gasteiger partial charge in [0.25, 0.3) is 0 Å². The molecule has 0 saturated heterocycles. The molecule has 0 spiro atoms. The van der Waals surface area contributed by atoms with Crippen molar-refractivity contribution in [2.45, 2.75) is 0 Å². The van der Waals surface area contributed by atoms with Crippen molar-refractivity contribution >= 4 is 18.5 Å². The van der Waals surface area contributed by atoms with Gasteiger partial charge in [0.1, 0.15) is 0 Å². The highest BCUT2D eigenvalue weighted by Gasteiger charge is 2.09. The standard InChI is InChI=1S/C14H14P/c1-2-15(13-9-5-3-6-10-13)14-11-7-4-8-12-14/h3-12H,1-2H2. The minimum atomic E-state index is -0.260. The van der Waals surface area contributed by atoms with Crippen LogP contribution in [0.5, 0.6) is 0 Å². The van der Waals surface area contributed by atoms with Crippen LogP contribution in [0.4, 0.5) is 0 Å². The van der Waals surface area contributed by atoms with E-state index in [1.807, 2.05) is 0 Å². The largest absolute Gasteiger partial charge is 0.0622 e. The molecular weight excluding hydrogens is 199 g/mol. The first kappa shape index (κ1) is 10.4. The van der Waals surface area contributed by atoms with E-state index in [0.717, 1.165) is 6.16 Å². The summed E-state index contributed by atoms with van der Waals surface area (Å²) in [5.41, 5.74) is 0. The third-order valence-corrected chi connectivity index (χ3v) is 4.65. The fourth-order valence-corrected chi connectivity index (χ4v) is 3.50. The summed E-state index contributed by atoms with van der Waals surface area (Å²) in [7, 11) is -0.260. The Labute approximate surface area is 92.7 Å². The lowest BCUT2D eigenvalue weighted by atomic mass is 10.4. The number of hydrogen-bond donors (Lipinski definition) is 0. The zero-order valence-corrected chi connectivity index (χ0v) is 9.53. The lowest BCUT2D eigenvalue weighted by Gasteiger charge is -2.15. The zero-order valence-electron chi connectivity index (χ0n) is 8.63. The molecule has 0 saturated carbocycles. The van der Waals surface area contributed by atoms with Gasteiger partial charge in [0.15, 0.2) is 0 Å². The summed E-state index contributed by atoms with van der Waals surface area (Å²) in [6, 6.07) is 21.3. The van der Waals surface area contributed by atoms with Crippen LogP contribution < -0.4 is 10.6 Å². The van der Waals surface area contributed by atoms with Gasteiger partial charge in [-0.3, -0.25) is 0 Å². The Bertz CT molecular complexity index is 355. The fourth-order valence-electron chi connectivity index (χ4n) is 1.62. The van der Waals surface area contributed by atoms with Gasteiger partial charge in [0.2, 0.25) is 0 Å². The molecule has 2 aromatic rings. The molecule has 0 N–H and O–H groups in total. The minimum absolute atomic E-state index is 0.260. The van der Waals surface area contributed by atoms with Crippen LogP contribution in [-0.4, -0.2) is 6.16 Å². The highest BCUT2D eigenvalue weighted by Crippen LogP contribution is 2.31. The lowest BCUT2D eigenvalue weighted by molar-refractivity contribution is 1.71. The third-order valence-electron chi connectivity index (χ3n) is 2.36. The summed E-state index contributed by atoms with van der Waals surface area (Å²) in [6.07, 6.45) is 0.962. The van der Waals surface area contributed by atoms with Crippen LogP contribution in [0, 0.1) is 6.92 Å². The molecule has 1 heteroatoms. The third kappa shape index (κ3) is 2.46. The Kier molecular flexibility index (Phi) is 3.53. The predicted molar refractivity (Wildman–Crippen MR) is 69.3 cm³/mol. The molecule has 0 aliphatic heterocycles. The van der Waals surface area contributed by atoms with Crippen molar-refractivity contribution in [3.8, 4) is 0 Å². The van der Waals surface area contributed by atoms with E-state index in [-0.39, 0.29) is 7.92 Å². The van der Waals surface area contributed by atoms with E-state index in [4.69, 9.17) is 0 Å². The second-order valence-electron chi connectivity index (χ2n) is 3.32. The Balaban J connectivity index is 2.34. The van der Waals surface area contributed by atoms with Crippen LogP contribution in [0.15, 0.2) is 60.7 Å². The molecule has 0 aromatic heterocycles. The molecule has 0 bridgehead atoms. The van der Waals surface area contributed by atoms with Crippen LogP contribution in [-0.2, 0) is 0 Å². The average molecular weight is 213 g/mol. The van der Waals surface area contributed by atoms with E-state index in [0.29, 0.717) is 0 Å². The first-order valence-corrected chi connectivity index (χ1v) is 6.61. The molecule has 0 fully saturated rings. The van der Waals surface area contributed by atoms with Crippen molar-refractivity contribution in [3.63, 3.8) is 0 Å². The van der Waals surface area contributed by atoms with Crippen molar-refractivity contribution in [1.29, 1.82) is 0 Å². The van der Waals surface area contributed by atoms with Crippen molar-refractivity contribution in [2.75, 3.05) is 6.16 Å². The smallest absolute Gasteiger partial charge is 0.0195 e. The summed E-state index contributed by atoms with van der Waals surface area (Å²) in [6.45, 7) is 4.07. The van der Waals surface area contributed by atoms with Gasteiger partial charge in [0, 0.05) is 0 Å². The molecule has 2 aromatic carbocycles. The van der Waals surface area contributed by atoms with E-state index in [1.165, 1.54) is 10.6 Å². The van der Waals surface area contributed by atoms with Crippen LogP contribution in [0.1, 0.15) is 0 Å². The lowest BCUT2D eigenvalue weighted by Crippen LogP contribution is -2.12. The van der Waals surface area contributed by atoms with Gasteiger partial charge in [-0.25, -0.2) is 0 Å². The van der Waals surface area contributed by atoms with E-state index in [2.05, 4.69) is 67.6 Å². The quantitative estimate of drug-likeness (QED) is 0.688. The molecule has 0 atom stereocenters. The topological polar surface area (TPSA) is 0 Å². The Morgan fingerprint density at radius 3 is 1.47 bits per heavy atom. The van der Waals surface area contributed by atoms with Gasteiger partial charge in [-0.1, -0.05) is 60.7 Å². The van der Waals surface area contributed by atoms with Gasteiger partial charge in [-0.15, -0.1) is 0 Å². The Morgan fingerprint density at radius 1 is 0.733 bits per heavy atom. The summed E-state index contributed by atoms with van der Waals surface area (Å²) < 4.78 is 0. The summed E-state index contributed by atoms with van der Waals surface area (Å²) in [5, 5.41) is 2.82. The van der Waals surface area contributed by atoms with Crippen LogP contribution in [0.25, 0.3) is 0 Å². The molecule has 0 unspecified atom stereocenters. The first-order valence-electron chi connectivity index (χ1n) is 5.08. The molecule has 0 aliphatic carbocycles. The monoisotopic (exact) mass is 213 g/mol. The van der Waals surface area contributed by atoms with Gasteiger partial charge >= 0.3 is 0 Å². The molecule has 0 amide bonds. The number of benzene rings is 2. The van der Waals surface area contributed by atoms with Crippen molar-refractivity contribution in [2.24, 2.45) is 0 Å². The maximum Gasteiger partial charge on any atom is -0.0195 e. The Hall–Kier alpha value is -1.13. The van der Waals surface area contributed by atoms with E-state index in [1.54, 1.807) is 0 Å². The molecule has 1 radical (unpaired) electrons. The maximum absolute atomic E-state index is 4.07. The van der Waals surface area contributed by atoms with Crippen molar-refractivity contribution in [1.82, 2.24) is 0 Å². The molecule has 2 rings (SSSR count). The number of hydrogen-bond acceptors (Lipinski definition) is 0. The molecule has 0 aliphatic rings. The normalized spacial score (nSPS) is 10.5. The van der Waals surface area contributed by atoms with Crippen LogP contribution in [0.2, 0.25) is 0 Å². The minimum Gasteiger partial charge on any atom is -0.0622 e. The summed E-state index contributed by atoms with van der Waals surface area (Å²) in [5.74, 6) is 0. The molecule has 0 nitrogen and oxygen atoms in total. The SMILES string of the molecule is [CH2]CP(c1ccccc1)c1ccccc1. The predicted octanol–water partition coefficient (Wildman–Crippen LogP) is 2.95. The zero-order chi connectivity index (χ0) is 10.5. The van der Waals surface area contributed by atoms with Gasteiger partial charge in [-0.05, 0) is 31.6 Å². The molecule has 0 heterocycles. The molecular formula is C14H14P. The van der Waals surface area contributed by atoms with E-state index in [9.17, 15) is 0 Å². The van der Waals surface area contributed by atoms with Crippen LogP contribution in [0.3, 0.4) is 0 Å². The van der Waals surface area contributed by atoms with E-state index < -0.39 is 0 Å². The Morgan fingerprint density at radius 2 is 1.13 bits per heavy atom. The second-order valence-corrected chi connectivity index (χ2v) is 5.66. The highest BCUT2D eigenvalue weighted by atomic mass is 31.1. The number of rotatable bonds is 3. The second kappa shape index (κ2) is 5.09. The van der Waals surface area contributed by atoms with Gasteiger partial charge < -0.3 is 0 Å². The first-order chi connectivity index (χ1) is 7.42. The summed E-state index contributed by atoms with van der Waals surface area (Å²) in [4.78, 5) is 0. The fraction of sp³-hybridized carbons (Fsp3) is 0.0714. The van der Waals surface area contributed by atoms with E-state index >= 15 is 0 Å². The molecule has 15 heavy (non-hydrogen) atoms. The highest BCUT2D eigenvalue weighted by molar-refractivity contribution is 7.73. The average Bonchev–Trinajstić information content (AvgIpc) is 2.33. The maximum atomic E-state index is 4.07. The van der Waals surface area contributed by atoms with Gasteiger partial charge in [0.05, 0.1) is 0 Å². The molecule has 75 valence electrons. The summed E-state index contributed by atoms with van der Waals surface area (Å²) >= 11 is 0. The van der Waals surface area contributed by atoms with Crippen LogP contribution >= 0.6 is 7.92 Å². The van der Waals surface area contributed by atoms with Gasteiger partial charge in [-0.2, -0.15) is 0 Å². The van der Waals surface area contributed by atoms with Crippen molar-refractivity contribution < 1.29 is 0 Å². The van der Waals surface area contributed by atoms with Crippen molar-refractivity contribution in [3.05, 3.63) is 67.6 Å².